The van der Waals surface area contributed by atoms with Crippen LogP contribution in [0.3, 0.4) is 0 Å². The van der Waals surface area contributed by atoms with E-state index >= 15 is 0 Å². The summed E-state index contributed by atoms with van der Waals surface area (Å²) < 4.78 is 16.4. The smallest absolute Gasteiger partial charge is 0.203 e. The van der Waals surface area contributed by atoms with E-state index in [2.05, 4.69) is 28.9 Å². The van der Waals surface area contributed by atoms with Crippen molar-refractivity contribution in [1.82, 2.24) is 9.80 Å². The molecule has 2 bridgehead atoms. The number of hydrogen-bond acceptors (Lipinski definition) is 5. The van der Waals surface area contributed by atoms with Crippen LogP contribution in [0.4, 0.5) is 0 Å². The average Bonchev–Trinajstić information content (AvgIpc) is 2.87. The van der Waals surface area contributed by atoms with Gasteiger partial charge in [-0.2, -0.15) is 0 Å². The van der Waals surface area contributed by atoms with Crippen LogP contribution in [0.2, 0.25) is 0 Å². The number of fused-ring (bicyclic) bond motifs is 2. The Bertz CT molecular complexity index is 539. The molecule has 3 rings (SSSR count). The molecule has 134 valence electrons. The molecule has 0 radical (unpaired) electrons. The Balaban J connectivity index is 1.83. The predicted octanol–water partition coefficient (Wildman–Crippen LogP) is 2.77. The van der Waals surface area contributed by atoms with Crippen molar-refractivity contribution >= 4 is 0 Å². The molecule has 0 aliphatic carbocycles. The fourth-order valence-corrected chi connectivity index (χ4v) is 4.22. The Labute approximate surface area is 145 Å². The van der Waals surface area contributed by atoms with Crippen LogP contribution in [-0.2, 0) is 6.54 Å². The van der Waals surface area contributed by atoms with E-state index in [1.54, 1.807) is 21.3 Å². The Hall–Kier alpha value is -1.46. The van der Waals surface area contributed by atoms with Gasteiger partial charge in [-0.05, 0) is 50.0 Å². The molecule has 2 fully saturated rings. The first-order valence-electron chi connectivity index (χ1n) is 8.97. The van der Waals surface area contributed by atoms with Crippen molar-refractivity contribution in [2.75, 3.05) is 41.0 Å². The Kier molecular flexibility index (Phi) is 5.51. The van der Waals surface area contributed by atoms with Crippen molar-refractivity contribution < 1.29 is 14.2 Å². The van der Waals surface area contributed by atoms with Crippen molar-refractivity contribution in [3.8, 4) is 17.2 Å². The lowest BCUT2D eigenvalue weighted by Gasteiger charge is -2.29. The van der Waals surface area contributed by atoms with Gasteiger partial charge in [0.1, 0.15) is 0 Å². The standard InChI is InChI=1S/C19H30N2O3/c1-5-20-9-8-15-6-7-16(13-20)21(15)12-14-10-17(22-2)19(24-4)18(11-14)23-3/h10-11,15-16H,5-9,12-13H2,1-4H3. The van der Waals surface area contributed by atoms with Gasteiger partial charge in [-0.3, -0.25) is 4.90 Å². The molecule has 2 saturated heterocycles. The Morgan fingerprint density at radius 1 is 0.958 bits per heavy atom. The first-order chi connectivity index (χ1) is 11.7. The summed E-state index contributed by atoms with van der Waals surface area (Å²) in [6.07, 6.45) is 3.91. The zero-order chi connectivity index (χ0) is 17.1. The van der Waals surface area contributed by atoms with E-state index in [0.717, 1.165) is 24.6 Å². The van der Waals surface area contributed by atoms with Crippen molar-refractivity contribution in [2.45, 2.75) is 44.8 Å². The van der Waals surface area contributed by atoms with Gasteiger partial charge in [0, 0.05) is 25.2 Å². The fraction of sp³-hybridized carbons (Fsp3) is 0.684. The van der Waals surface area contributed by atoms with Gasteiger partial charge in [-0.15, -0.1) is 0 Å². The van der Waals surface area contributed by atoms with Crippen LogP contribution in [0.25, 0.3) is 0 Å². The van der Waals surface area contributed by atoms with E-state index in [1.807, 2.05) is 0 Å². The number of hydrogen-bond donors (Lipinski definition) is 0. The molecule has 0 amide bonds. The fourth-order valence-electron chi connectivity index (χ4n) is 4.22. The summed E-state index contributed by atoms with van der Waals surface area (Å²) in [7, 11) is 5.00. The van der Waals surface area contributed by atoms with Crippen molar-refractivity contribution in [3.63, 3.8) is 0 Å². The van der Waals surface area contributed by atoms with Gasteiger partial charge in [-0.25, -0.2) is 0 Å². The number of likely N-dealkylation sites (N-methyl/N-ethyl adjacent to an activating group) is 1. The monoisotopic (exact) mass is 334 g/mol. The maximum Gasteiger partial charge on any atom is 0.203 e. The third-order valence-electron chi connectivity index (χ3n) is 5.56. The molecule has 5 heteroatoms. The lowest BCUT2D eigenvalue weighted by atomic mass is 10.1. The van der Waals surface area contributed by atoms with Gasteiger partial charge < -0.3 is 19.1 Å². The number of ether oxygens (including phenoxy) is 3. The highest BCUT2D eigenvalue weighted by Crippen LogP contribution is 2.39. The first-order valence-corrected chi connectivity index (χ1v) is 8.97. The van der Waals surface area contributed by atoms with E-state index in [0.29, 0.717) is 17.8 Å². The van der Waals surface area contributed by atoms with Crippen molar-refractivity contribution in [1.29, 1.82) is 0 Å². The molecule has 2 aliphatic heterocycles. The quantitative estimate of drug-likeness (QED) is 0.799. The maximum absolute atomic E-state index is 5.51. The summed E-state index contributed by atoms with van der Waals surface area (Å²) in [6.45, 7) is 6.79. The van der Waals surface area contributed by atoms with Crippen LogP contribution in [0, 0.1) is 0 Å². The number of methoxy groups -OCH3 is 3. The third kappa shape index (κ3) is 3.33. The van der Waals surface area contributed by atoms with Gasteiger partial charge in [0.15, 0.2) is 11.5 Å². The van der Waals surface area contributed by atoms with Crippen molar-refractivity contribution in [2.24, 2.45) is 0 Å². The first kappa shape index (κ1) is 17.4. The topological polar surface area (TPSA) is 34.2 Å². The third-order valence-corrected chi connectivity index (χ3v) is 5.56. The van der Waals surface area contributed by atoms with Crippen LogP contribution in [0.5, 0.6) is 17.2 Å². The second-order valence-corrected chi connectivity index (χ2v) is 6.77. The van der Waals surface area contributed by atoms with Gasteiger partial charge >= 0.3 is 0 Å². The van der Waals surface area contributed by atoms with E-state index in [9.17, 15) is 0 Å². The second kappa shape index (κ2) is 7.62. The average molecular weight is 334 g/mol. The minimum absolute atomic E-state index is 0.663. The van der Waals surface area contributed by atoms with Gasteiger partial charge in [0.05, 0.1) is 21.3 Å². The van der Waals surface area contributed by atoms with E-state index in [-0.39, 0.29) is 0 Å². The van der Waals surface area contributed by atoms with Crippen molar-refractivity contribution in [3.05, 3.63) is 17.7 Å². The molecule has 5 nitrogen and oxygen atoms in total. The summed E-state index contributed by atoms with van der Waals surface area (Å²) in [5.74, 6) is 2.15. The molecule has 0 spiro atoms. The van der Waals surface area contributed by atoms with Gasteiger partial charge in [0.25, 0.3) is 0 Å². The maximum atomic E-state index is 5.51. The second-order valence-electron chi connectivity index (χ2n) is 6.77. The SMILES string of the molecule is CCN1CCC2CCC(C1)N2Cc1cc(OC)c(OC)c(OC)c1. The van der Waals surface area contributed by atoms with Crippen LogP contribution >= 0.6 is 0 Å². The van der Waals surface area contributed by atoms with E-state index in [4.69, 9.17) is 14.2 Å². The number of likely N-dealkylation sites (tertiary alicyclic amines) is 1. The number of rotatable bonds is 6. The molecule has 1 aromatic rings. The van der Waals surface area contributed by atoms with Crippen LogP contribution in [-0.4, -0.2) is 62.8 Å². The Morgan fingerprint density at radius 3 is 2.21 bits per heavy atom. The molecule has 2 atom stereocenters. The molecule has 0 N–H and O–H groups in total. The Morgan fingerprint density at radius 2 is 1.62 bits per heavy atom. The summed E-state index contributed by atoms with van der Waals surface area (Å²) in [5, 5.41) is 0. The highest BCUT2D eigenvalue weighted by molar-refractivity contribution is 5.53. The van der Waals surface area contributed by atoms with Crippen LogP contribution in [0.15, 0.2) is 12.1 Å². The lowest BCUT2D eigenvalue weighted by molar-refractivity contribution is 0.178. The molecule has 0 saturated carbocycles. The summed E-state index contributed by atoms with van der Waals surface area (Å²) >= 11 is 0. The summed E-state index contributed by atoms with van der Waals surface area (Å²) in [6, 6.07) is 5.54. The summed E-state index contributed by atoms with van der Waals surface area (Å²) in [5.41, 5.74) is 1.23. The van der Waals surface area contributed by atoms with Gasteiger partial charge in [-0.1, -0.05) is 6.92 Å². The van der Waals surface area contributed by atoms with E-state index in [1.165, 1.54) is 37.9 Å². The van der Waals surface area contributed by atoms with E-state index < -0.39 is 0 Å². The number of nitrogens with zero attached hydrogens (tertiary/aromatic N) is 2. The molecule has 24 heavy (non-hydrogen) atoms. The largest absolute Gasteiger partial charge is 0.493 e. The van der Waals surface area contributed by atoms with Gasteiger partial charge in [0.2, 0.25) is 5.75 Å². The highest BCUT2D eigenvalue weighted by Gasteiger charge is 2.36. The molecular weight excluding hydrogens is 304 g/mol. The minimum atomic E-state index is 0.663. The molecular formula is C19H30N2O3. The molecule has 2 heterocycles. The predicted molar refractivity (Wildman–Crippen MR) is 95.2 cm³/mol. The zero-order valence-corrected chi connectivity index (χ0v) is 15.4. The summed E-state index contributed by atoms with van der Waals surface area (Å²) in [4.78, 5) is 5.28. The normalized spacial score (nSPS) is 24.7. The lowest BCUT2D eigenvalue weighted by Crippen LogP contribution is -2.38. The number of benzene rings is 1. The molecule has 2 unspecified atom stereocenters. The zero-order valence-electron chi connectivity index (χ0n) is 15.4. The molecule has 0 aromatic heterocycles. The highest BCUT2D eigenvalue weighted by atomic mass is 16.5. The molecule has 1 aromatic carbocycles. The van der Waals surface area contributed by atoms with Crippen LogP contribution < -0.4 is 14.2 Å². The molecule has 2 aliphatic rings. The van der Waals surface area contributed by atoms with Crippen LogP contribution in [0.1, 0.15) is 31.7 Å². The minimum Gasteiger partial charge on any atom is -0.493 e.